The van der Waals surface area contributed by atoms with Gasteiger partial charge >= 0.3 is 0 Å². The standard InChI is InChI=1S/C14H26N2O2/c1-4-8-12(17)15-13(11(2)3)14(18)16-9-6-5-7-10-16/h11,13H,4-10H2,1-3H3,(H,15,17)/t13-/m0/s1. The number of likely N-dealkylation sites (tertiary alicyclic amines) is 1. The lowest BCUT2D eigenvalue weighted by atomic mass is 10.0. The van der Waals surface area contributed by atoms with Gasteiger partial charge in [0.25, 0.3) is 0 Å². The van der Waals surface area contributed by atoms with Crippen LogP contribution in [-0.4, -0.2) is 35.8 Å². The van der Waals surface area contributed by atoms with Crippen LogP contribution in [0.15, 0.2) is 0 Å². The van der Waals surface area contributed by atoms with Crippen molar-refractivity contribution in [3.8, 4) is 0 Å². The minimum absolute atomic E-state index is 0.0124. The summed E-state index contributed by atoms with van der Waals surface area (Å²) in [5.41, 5.74) is 0. The van der Waals surface area contributed by atoms with E-state index in [1.807, 2.05) is 25.7 Å². The van der Waals surface area contributed by atoms with Crippen LogP contribution in [0.1, 0.15) is 52.9 Å². The van der Waals surface area contributed by atoms with Gasteiger partial charge in [0.1, 0.15) is 6.04 Å². The molecule has 4 nitrogen and oxygen atoms in total. The van der Waals surface area contributed by atoms with E-state index in [4.69, 9.17) is 0 Å². The zero-order valence-electron chi connectivity index (χ0n) is 11.9. The highest BCUT2D eigenvalue weighted by Crippen LogP contribution is 2.13. The number of carbonyl (C=O) groups is 2. The lowest BCUT2D eigenvalue weighted by Gasteiger charge is -2.32. The number of hydrogen-bond acceptors (Lipinski definition) is 2. The third-order valence-electron chi connectivity index (χ3n) is 3.39. The summed E-state index contributed by atoms with van der Waals surface area (Å²) >= 11 is 0. The molecule has 104 valence electrons. The Kier molecular flexibility index (Phi) is 6.16. The molecule has 1 aliphatic rings. The second-order valence-corrected chi connectivity index (χ2v) is 5.43. The first-order chi connectivity index (χ1) is 8.56. The fourth-order valence-corrected chi connectivity index (χ4v) is 2.30. The predicted octanol–water partition coefficient (Wildman–Crippen LogP) is 1.94. The van der Waals surface area contributed by atoms with Crippen LogP contribution < -0.4 is 5.32 Å². The molecule has 2 amide bonds. The molecule has 1 atom stereocenters. The van der Waals surface area contributed by atoms with Crippen LogP contribution in [0.3, 0.4) is 0 Å². The van der Waals surface area contributed by atoms with Crippen LogP contribution in [0.5, 0.6) is 0 Å². The van der Waals surface area contributed by atoms with Gasteiger partial charge in [-0.25, -0.2) is 0 Å². The van der Waals surface area contributed by atoms with Gasteiger partial charge in [-0.05, 0) is 31.6 Å². The second kappa shape index (κ2) is 7.39. The first kappa shape index (κ1) is 15.0. The number of amides is 2. The number of carbonyl (C=O) groups excluding carboxylic acids is 2. The van der Waals surface area contributed by atoms with Crippen molar-refractivity contribution in [2.24, 2.45) is 5.92 Å². The fourth-order valence-electron chi connectivity index (χ4n) is 2.30. The number of nitrogens with one attached hydrogen (secondary N) is 1. The molecule has 1 saturated heterocycles. The van der Waals surface area contributed by atoms with Crippen molar-refractivity contribution in [2.45, 2.75) is 58.9 Å². The van der Waals surface area contributed by atoms with Crippen molar-refractivity contribution in [3.63, 3.8) is 0 Å². The van der Waals surface area contributed by atoms with Crippen LogP contribution in [0.25, 0.3) is 0 Å². The van der Waals surface area contributed by atoms with Crippen LogP contribution in [0.2, 0.25) is 0 Å². The monoisotopic (exact) mass is 254 g/mol. The van der Waals surface area contributed by atoms with E-state index in [0.29, 0.717) is 6.42 Å². The Morgan fingerprint density at radius 3 is 2.28 bits per heavy atom. The van der Waals surface area contributed by atoms with Crippen LogP contribution in [0.4, 0.5) is 0 Å². The van der Waals surface area contributed by atoms with Crippen molar-refractivity contribution in [1.29, 1.82) is 0 Å². The van der Waals surface area contributed by atoms with Crippen molar-refractivity contribution < 1.29 is 9.59 Å². The van der Waals surface area contributed by atoms with E-state index in [2.05, 4.69) is 5.32 Å². The van der Waals surface area contributed by atoms with Crippen LogP contribution in [-0.2, 0) is 9.59 Å². The van der Waals surface area contributed by atoms with Crippen LogP contribution >= 0.6 is 0 Å². The molecular formula is C14H26N2O2. The van der Waals surface area contributed by atoms with E-state index in [-0.39, 0.29) is 23.8 Å². The Balaban J connectivity index is 2.59. The number of piperidine rings is 1. The first-order valence-corrected chi connectivity index (χ1v) is 7.14. The molecule has 1 N–H and O–H groups in total. The summed E-state index contributed by atoms with van der Waals surface area (Å²) in [4.78, 5) is 26.0. The van der Waals surface area contributed by atoms with Crippen molar-refractivity contribution in [2.75, 3.05) is 13.1 Å². The summed E-state index contributed by atoms with van der Waals surface area (Å²) < 4.78 is 0. The smallest absolute Gasteiger partial charge is 0.245 e. The average molecular weight is 254 g/mol. The quantitative estimate of drug-likeness (QED) is 0.815. The predicted molar refractivity (Wildman–Crippen MR) is 72.1 cm³/mol. The topological polar surface area (TPSA) is 49.4 Å². The second-order valence-electron chi connectivity index (χ2n) is 5.43. The lowest BCUT2D eigenvalue weighted by molar-refractivity contribution is -0.138. The summed E-state index contributed by atoms with van der Waals surface area (Å²) in [6.45, 7) is 7.62. The third-order valence-corrected chi connectivity index (χ3v) is 3.39. The highest BCUT2D eigenvalue weighted by atomic mass is 16.2. The minimum atomic E-state index is -0.359. The average Bonchev–Trinajstić information content (AvgIpc) is 2.36. The Hall–Kier alpha value is -1.06. The highest BCUT2D eigenvalue weighted by Gasteiger charge is 2.28. The van der Waals surface area contributed by atoms with E-state index >= 15 is 0 Å². The lowest BCUT2D eigenvalue weighted by Crippen LogP contribution is -2.52. The van der Waals surface area contributed by atoms with Gasteiger partial charge < -0.3 is 10.2 Å². The maximum Gasteiger partial charge on any atom is 0.245 e. The molecule has 0 aliphatic carbocycles. The molecule has 1 rings (SSSR count). The molecule has 1 aliphatic heterocycles. The molecule has 0 radical (unpaired) electrons. The zero-order valence-corrected chi connectivity index (χ0v) is 11.9. The van der Waals surface area contributed by atoms with E-state index in [9.17, 15) is 9.59 Å². The minimum Gasteiger partial charge on any atom is -0.344 e. The van der Waals surface area contributed by atoms with Crippen molar-refractivity contribution in [3.05, 3.63) is 0 Å². The molecule has 0 aromatic heterocycles. The Bertz CT molecular complexity index is 284. The van der Waals surface area contributed by atoms with Gasteiger partial charge in [0.15, 0.2) is 0 Å². The summed E-state index contributed by atoms with van der Waals surface area (Å²) in [7, 11) is 0. The summed E-state index contributed by atoms with van der Waals surface area (Å²) in [6.07, 6.45) is 4.68. The number of hydrogen-bond donors (Lipinski definition) is 1. The largest absolute Gasteiger partial charge is 0.344 e. The van der Waals surface area contributed by atoms with Gasteiger partial charge in [-0.2, -0.15) is 0 Å². The van der Waals surface area contributed by atoms with Gasteiger partial charge in [0.2, 0.25) is 11.8 Å². The SMILES string of the molecule is CCCC(=O)N[C@H](C(=O)N1CCCCC1)C(C)C. The van der Waals surface area contributed by atoms with E-state index in [0.717, 1.165) is 32.4 Å². The molecule has 0 unspecified atom stereocenters. The maximum atomic E-state index is 12.4. The van der Waals surface area contributed by atoms with E-state index < -0.39 is 0 Å². The summed E-state index contributed by atoms with van der Waals surface area (Å²) in [6, 6.07) is -0.359. The Labute approximate surface area is 110 Å². The molecule has 0 aromatic rings. The Morgan fingerprint density at radius 1 is 1.17 bits per heavy atom. The third kappa shape index (κ3) is 4.31. The zero-order chi connectivity index (χ0) is 13.5. The molecular weight excluding hydrogens is 228 g/mol. The van der Waals surface area contributed by atoms with Gasteiger partial charge in [0.05, 0.1) is 0 Å². The molecule has 0 spiro atoms. The fraction of sp³-hybridized carbons (Fsp3) is 0.857. The van der Waals surface area contributed by atoms with Gasteiger partial charge in [-0.3, -0.25) is 9.59 Å². The van der Waals surface area contributed by atoms with Crippen molar-refractivity contribution in [1.82, 2.24) is 10.2 Å². The molecule has 0 bridgehead atoms. The summed E-state index contributed by atoms with van der Waals surface area (Å²) in [5.74, 6) is 0.218. The molecule has 0 aromatic carbocycles. The molecule has 1 heterocycles. The van der Waals surface area contributed by atoms with E-state index in [1.54, 1.807) is 0 Å². The molecule has 1 fully saturated rings. The van der Waals surface area contributed by atoms with Gasteiger partial charge in [-0.15, -0.1) is 0 Å². The van der Waals surface area contributed by atoms with Gasteiger partial charge in [-0.1, -0.05) is 20.8 Å². The molecule has 0 saturated carbocycles. The maximum absolute atomic E-state index is 12.4. The summed E-state index contributed by atoms with van der Waals surface area (Å²) in [5, 5.41) is 2.88. The first-order valence-electron chi connectivity index (χ1n) is 7.14. The normalized spacial score (nSPS) is 17.7. The van der Waals surface area contributed by atoms with Crippen LogP contribution in [0, 0.1) is 5.92 Å². The Morgan fingerprint density at radius 2 is 1.78 bits per heavy atom. The highest BCUT2D eigenvalue weighted by molar-refractivity contribution is 5.87. The number of nitrogens with zero attached hydrogens (tertiary/aromatic N) is 1. The molecule has 4 heteroatoms. The van der Waals surface area contributed by atoms with E-state index in [1.165, 1.54) is 6.42 Å². The molecule has 18 heavy (non-hydrogen) atoms. The number of rotatable bonds is 5. The van der Waals surface area contributed by atoms with Crippen molar-refractivity contribution >= 4 is 11.8 Å². The van der Waals surface area contributed by atoms with Gasteiger partial charge in [0, 0.05) is 19.5 Å².